The predicted octanol–water partition coefficient (Wildman–Crippen LogP) is 4.32. The van der Waals surface area contributed by atoms with Gasteiger partial charge in [0.15, 0.2) is 5.79 Å². The standard InChI is InChI=1S/C14H25IO2/c1-5-6-7-8-11(2)13-12(9-10-15)16-14(3,4)17-13/h7-8,11-13H,5-6,9-10H2,1-4H3/b8-7-/t11?,12-,13+/m0/s1. The molecular weight excluding hydrogens is 327 g/mol. The molecule has 1 aliphatic rings. The molecule has 1 rings (SSSR count). The van der Waals surface area contributed by atoms with Crippen molar-refractivity contribution in [3.05, 3.63) is 12.2 Å². The molecule has 0 bridgehead atoms. The van der Waals surface area contributed by atoms with Crippen LogP contribution in [0.3, 0.4) is 0 Å². The number of unbranched alkanes of at least 4 members (excludes halogenated alkanes) is 1. The van der Waals surface area contributed by atoms with E-state index < -0.39 is 5.79 Å². The molecule has 1 unspecified atom stereocenters. The van der Waals surface area contributed by atoms with Crippen LogP contribution in [0.25, 0.3) is 0 Å². The summed E-state index contributed by atoms with van der Waals surface area (Å²) in [6, 6.07) is 0. The number of rotatable bonds is 6. The van der Waals surface area contributed by atoms with Gasteiger partial charge < -0.3 is 9.47 Å². The van der Waals surface area contributed by atoms with E-state index >= 15 is 0 Å². The third-order valence-electron chi connectivity index (χ3n) is 3.03. The molecule has 17 heavy (non-hydrogen) atoms. The van der Waals surface area contributed by atoms with E-state index in [1.807, 2.05) is 13.8 Å². The molecule has 1 aliphatic heterocycles. The largest absolute Gasteiger partial charge is 0.345 e. The van der Waals surface area contributed by atoms with Crippen molar-refractivity contribution in [1.29, 1.82) is 0 Å². The van der Waals surface area contributed by atoms with Crippen molar-refractivity contribution in [1.82, 2.24) is 0 Å². The first-order valence-corrected chi connectivity index (χ1v) is 8.11. The Balaban J connectivity index is 2.59. The van der Waals surface area contributed by atoms with E-state index in [2.05, 4.69) is 48.6 Å². The van der Waals surface area contributed by atoms with Crippen LogP contribution < -0.4 is 0 Å². The zero-order chi connectivity index (χ0) is 12.9. The minimum absolute atomic E-state index is 0.202. The summed E-state index contributed by atoms with van der Waals surface area (Å²) in [6.45, 7) is 8.44. The van der Waals surface area contributed by atoms with Crippen LogP contribution in [0.5, 0.6) is 0 Å². The van der Waals surface area contributed by atoms with Crippen LogP contribution in [0.1, 0.15) is 47.0 Å². The number of alkyl halides is 1. The summed E-state index contributed by atoms with van der Waals surface area (Å²) in [5, 5.41) is 0. The Kier molecular flexibility index (Phi) is 6.45. The lowest BCUT2D eigenvalue weighted by Gasteiger charge is -2.20. The smallest absolute Gasteiger partial charge is 0.163 e. The van der Waals surface area contributed by atoms with E-state index in [0.717, 1.165) is 17.3 Å². The van der Waals surface area contributed by atoms with Gasteiger partial charge in [0.05, 0.1) is 12.2 Å². The fourth-order valence-electron chi connectivity index (χ4n) is 2.23. The van der Waals surface area contributed by atoms with E-state index in [9.17, 15) is 0 Å². The third kappa shape index (κ3) is 4.87. The molecule has 0 saturated carbocycles. The first-order valence-electron chi connectivity index (χ1n) is 6.58. The highest BCUT2D eigenvalue weighted by Crippen LogP contribution is 2.34. The highest BCUT2D eigenvalue weighted by molar-refractivity contribution is 14.1. The van der Waals surface area contributed by atoms with Crippen LogP contribution in [-0.2, 0) is 9.47 Å². The first-order chi connectivity index (χ1) is 8.00. The molecule has 0 radical (unpaired) electrons. The second-order valence-electron chi connectivity index (χ2n) is 5.19. The lowest BCUT2D eigenvalue weighted by molar-refractivity contribution is -0.148. The Labute approximate surface area is 119 Å². The SMILES string of the molecule is CCC/C=C\C(C)[C@H]1OC(C)(C)O[C@H]1CCI. The van der Waals surface area contributed by atoms with E-state index in [4.69, 9.17) is 9.47 Å². The third-order valence-corrected chi connectivity index (χ3v) is 3.65. The lowest BCUT2D eigenvalue weighted by Crippen LogP contribution is -2.28. The fraction of sp³-hybridized carbons (Fsp3) is 0.857. The predicted molar refractivity (Wildman–Crippen MR) is 80.5 cm³/mol. The van der Waals surface area contributed by atoms with Crippen LogP contribution >= 0.6 is 22.6 Å². The molecule has 0 N–H and O–H groups in total. The van der Waals surface area contributed by atoms with Gasteiger partial charge in [-0.1, -0.05) is 55.0 Å². The number of halogens is 1. The molecule has 0 aromatic heterocycles. The Hall–Kier alpha value is 0.390. The zero-order valence-electron chi connectivity index (χ0n) is 11.4. The Morgan fingerprint density at radius 3 is 2.65 bits per heavy atom. The van der Waals surface area contributed by atoms with Crippen molar-refractivity contribution in [2.24, 2.45) is 5.92 Å². The fourth-order valence-corrected chi connectivity index (χ4v) is 2.84. The van der Waals surface area contributed by atoms with Gasteiger partial charge in [-0.2, -0.15) is 0 Å². The van der Waals surface area contributed by atoms with Gasteiger partial charge in [0.2, 0.25) is 0 Å². The number of ether oxygens (including phenoxy) is 2. The minimum Gasteiger partial charge on any atom is -0.345 e. The average molecular weight is 352 g/mol. The molecule has 3 heteroatoms. The summed E-state index contributed by atoms with van der Waals surface area (Å²) in [5.74, 6) is 0.00449. The van der Waals surface area contributed by atoms with Crippen molar-refractivity contribution in [2.45, 2.75) is 65.0 Å². The maximum Gasteiger partial charge on any atom is 0.163 e. The highest BCUT2D eigenvalue weighted by atomic mass is 127. The molecule has 1 heterocycles. The lowest BCUT2D eigenvalue weighted by atomic mass is 9.97. The van der Waals surface area contributed by atoms with Gasteiger partial charge >= 0.3 is 0 Å². The summed E-state index contributed by atoms with van der Waals surface area (Å²) < 4.78 is 13.1. The second-order valence-corrected chi connectivity index (χ2v) is 6.27. The molecule has 2 nitrogen and oxygen atoms in total. The van der Waals surface area contributed by atoms with Crippen molar-refractivity contribution < 1.29 is 9.47 Å². The normalized spacial score (nSPS) is 29.9. The Bertz CT molecular complexity index is 251. The summed E-state index contributed by atoms with van der Waals surface area (Å²) in [7, 11) is 0. The van der Waals surface area contributed by atoms with Gasteiger partial charge in [-0.3, -0.25) is 0 Å². The number of hydrogen-bond donors (Lipinski definition) is 0. The van der Waals surface area contributed by atoms with E-state index in [0.29, 0.717) is 5.92 Å². The van der Waals surface area contributed by atoms with Gasteiger partial charge in [-0.15, -0.1) is 0 Å². The number of allylic oxidation sites excluding steroid dienone is 1. The van der Waals surface area contributed by atoms with Crippen molar-refractivity contribution >= 4 is 22.6 Å². The Morgan fingerprint density at radius 1 is 1.35 bits per heavy atom. The molecule has 100 valence electrons. The van der Waals surface area contributed by atoms with E-state index in [1.54, 1.807) is 0 Å². The maximum absolute atomic E-state index is 6.03. The summed E-state index contributed by atoms with van der Waals surface area (Å²) in [5.41, 5.74) is 0. The molecule has 1 saturated heterocycles. The zero-order valence-corrected chi connectivity index (χ0v) is 13.6. The maximum atomic E-state index is 6.03. The molecule has 0 spiro atoms. The first kappa shape index (κ1) is 15.4. The molecule has 0 amide bonds. The van der Waals surface area contributed by atoms with Gasteiger partial charge in [0, 0.05) is 10.3 Å². The molecule has 3 atom stereocenters. The quantitative estimate of drug-likeness (QED) is 0.403. The second kappa shape index (κ2) is 7.10. The topological polar surface area (TPSA) is 18.5 Å². The van der Waals surface area contributed by atoms with Crippen LogP contribution in [0.15, 0.2) is 12.2 Å². The van der Waals surface area contributed by atoms with E-state index in [-0.39, 0.29) is 12.2 Å². The summed E-state index contributed by atoms with van der Waals surface area (Å²) >= 11 is 2.40. The van der Waals surface area contributed by atoms with Crippen LogP contribution in [0, 0.1) is 5.92 Å². The molecule has 1 fully saturated rings. The van der Waals surface area contributed by atoms with Gasteiger partial charge in [0.25, 0.3) is 0 Å². The van der Waals surface area contributed by atoms with Crippen LogP contribution in [-0.4, -0.2) is 22.4 Å². The molecule has 0 aliphatic carbocycles. The van der Waals surface area contributed by atoms with Crippen LogP contribution in [0.4, 0.5) is 0 Å². The van der Waals surface area contributed by atoms with Crippen molar-refractivity contribution in [2.75, 3.05) is 4.43 Å². The summed E-state index contributed by atoms with van der Waals surface area (Å²) in [6.07, 6.45) is 8.41. The van der Waals surface area contributed by atoms with Crippen LogP contribution in [0.2, 0.25) is 0 Å². The van der Waals surface area contributed by atoms with Gasteiger partial charge in [0.1, 0.15) is 0 Å². The Morgan fingerprint density at radius 2 is 2.06 bits per heavy atom. The minimum atomic E-state index is -0.423. The van der Waals surface area contributed by atoms with Gasteiger partial charge in [-0.05, 0) is 26.7 Å². The van der Waals surface area contributed by atoms with E-state index in [1.165, 1.54) is 6.42 Å². The van der Waals surface area contributed by atoms with Gasteiger partial charge in [-0.25, -0.2) is 0 Å². The molecule has 0 aromatic carbocycles. The molecular formula is C14H25IO2. The van der Waals surface area contributed by atoms with Crippen molar-refractivity contribution in [3.63, 3.8) is 0 Å². The monoisotopic (exact) mass is 352 g/mol. The number of hydrogen-bond acceptors (Lipinski definition) is 2. The highest BCUT2D eigenvalue weighted by Gasteiger charge is 2.42. The average Bonchev–Trinajstić information content (AvgIpc) is 2.55. The van der Waals surface area contributed by atoms with Crippen molar-refractivity contribution in [3.8, 4) is 0 Å². The summed E-state index contributed by atoms with van der Waals surface area (Å²) in [4.78, 5) is 0. The molecule has 0 aromatic rings.